The SMILES string of the molecule is CCC[C@H](NC(=O)N(CC(=O)OCC)C1CC1)C(=O)O. The maximum absolute atomic E-state index is 12.1. The molecule has 1 fully saturated rings. The van der Waals surface area contributed by atoms with Gasteiger partial charge >= 0.3 is 18.0 Å². The Morgan fingerprint density at radius 3 is 2.45 bits per heavy atom. The number of hydrogen-bond acceptors (Lipinski definition) is 4. The van der Waals surface area contributed by atoms with Gasteiger partial charge in [0.15, 0.2) is 0 Å². The summed E-state index contributed by atoms with van der Waals surface area (Å²) in [6.07, 6.45) is 2.67. The summed E-state index contributed by atoms with van der Waals surface area (Å²) in [6.45, 7) is 3.66. The van der Waals surface area contributed by atoms with Crippen LogP contribution in [-0.4, -0.2) is 53.2 Å². The van der Waals surface area contributed by atoms with Crippen LogP contribution in [0.1, 0.15) is 39.5 Å². The molecule has 0 unspecified atom stereocenters. The first-order chi connectivity index (χ1) is 9.49. The molecule has 0 aromatic carbocycles. The lowest BCUT2D eigenvalue weighted by molar-refractivity contribution is -0.143. The Labute approximate surface area is 118 Å². The van der Waals surface area contributed by atoms with Gasteiger partial charge in [0.25, 0.3) is 0 Å². The standard InChI is InChI=1S/C13H22N2O5/c1-3-5-10(12(17)18)14-13(19)15(9-6-7-9)8-11(16)20-4-2/h9-10H,3-8H2,1-2H3,(H,14,19)(H,17,18)/t10-/m0/s1. The second kappa shape index (κ2) is 7.72. The number of nitrogens with zero attached hydrogens (tertiary/aromatic N) is 1. The van der Waals surface area contributed by atoms with E-state index in [0.717, 1.165) is 12.8 Å². The molecule has 1 saturated carbocycles. The molecule has 2 amide bonds. The number of carboxylic acid groups (broad SMARTS) is 1. The molecule has 0 aliphatic heterocycles. The maximum Gasteiger partial charge on any atom is 0.326 e. The van der Waals surface area contributed by atoms with E-state index in [-0.39, 0.29) is 19.2 Å². The first kappa shape index (κ1) is 16.3. The molecule has 0 aromatic heterocycles. The average Bonchev–Trinajstić information content (AvgIpc) is 3.19. The summed E-state index contributed by atoms with van der Waals surface area (Å²) in [6, 6.07) is -1.42. The molecule has 0 radical (unpaired) electrons. The van der Waals surface area contributed by atoms with Gasteiger partial charge in [0.2, 0.25) is 0 Å². The first-order valence-electron chi connectivity index (χ1n) is 6.95. The smallest absolute Gasteiger partial charge is 0.326 e. The van der Waals surface area contributed by atoms with Crippen LogP contribution in [0.3, 0.4) is 0 Å². The van der Waals surface area contributed by atoms with Gasteiger partial charge < -0.3 is 20.1 Å². The van der Waals surface area contributed by atoms with Gasteiger partial charge in [-0.25, -0.2) is 9.59 Å². The van der Waals surface area contributed by atoms with Crippen LogP contribution in [0.15, 0.2) is 0 Å². The zero-order chi connectivity index (χ0) is 15.1. The molecule has 0 heterocycles. The number of aliphatic carboxylic acids is 1. The monoisotopic (exact) mass is 286 g/mol. The zero-order valence-electron chi connectivity index (χ0n) is 11.9. The van der Waals surface area contributed by atoms with E-state index in [1.807, 2.05) is 6.92 Å². The van der Waals surface area contributed by atoms with Gasteiger partial charge in [-0.2, -0.15) is 0 Å². The van der Waals surface area contributed by atoms with Crippen molar-refractivity contribution in [2.45, 2.75) is 51.6 Å². The van der Waals surface area contributed by atoms with Crippen molar-refractivity contribution in [3.63, 3.8) is 0 Å². The number of ether oxygens (including phenoxy) is 1. The first-order valence-corrected chi connectivity index (χ1v) is 6.95. The summed E-state index contributed by atoms with van der Waals surface area (Å²) in [5, 5.41) is 11.5. The Bertz CT molecular complexity index is 368. The number of esters is 1. The highest BCUT2D eigenvalue weighted by Gasteiger charge is 2.35. The maximum atomic E-state index is 12.1. The fraction of sp³-hybridized carbons (Fsp3) is 0.769. The number of nitrogens with one attached hydrogen (secondary N) is 1. The van der Waals surface area contributed by atoms with Crippen LogP contribution in [0.2, 0.25) is 0 Å². The molecule has 0 spiro atoms. The number of urea groups is 1. The normalized spacial score (nSPS) is 15.3. The predicted molar refractivity (Wildman–Crippen MR) is 71.2 cm³/mol. The number of carboxylic acids is 1. The van der Waals surface area contributed by atoms with E-state index in [0.29, 0.717) is 12.8 Å². The van der Waals surface area contributed by atoms with Gasteiger partial charge in [0, 0.05) is 6.04 Å². The summed E-state index contributed by atoms with van der Waals surface area (Å²) in [7, 11) is 0. The van der Waals surface area contributed by atoms with E-state index in [1.165, 1.54) is 4.90 Å². The molecule has 0 bridgehead atoms. The fourth-order valence-electron chi connectivity index (χ4n) is 1.88. The van der Waals surface area contributed by atoms with Crippen molar-refractivity contribution in [1.82, 2.24) is 10.2 Å². The second-order valence-electron chi connectivity index (χ2n) is 4.79. The number of amides is 2. The fourth-order valence-corrected chi connectivity index (χ4v) is 1.88. The molecule has 0 saturated heterocycles. The molecule has 20 heavy (non-hydrogen) atoms. The molecule has 114 valence electrons. The van der Waals surface area contributed by atoms with E-state index in [2.05, 4.69) is 5.32 Å². The third kappa shape index (κ3) is 5.07. The molecule has 7 nitrogen and oxygen atoms in total. The Kier molecular flexibility index (Phi) is 6.27. The van der Waals surface area contributed by atoms with Crippen LogP contribution in [0.4, 0.5) is 4.79 Å². The van der Waals surface area contributed by atoms with Crippen molar-refractivity contribution in [1.29, 1.82) is 0 Å². The molecule has 1 aliphatic carbocycles. The minimum atomic E-state index is -1.06. The lowest BCUT2D eigenvalue weighted by Gasteiger charge is -2.24. The number of rotatable bonds is 8. The van der Waals surface area contributed by atoms with Gasteiger partial charge in [-0.15, -0.1) is 0 Å². The quantitative estimate of drug-likeness (QED) is 0.648. The van der Waals surface area contributed by atoms with Crippen LogP contribution >= 0.6 is 0 Å². The molecule has 1 rings (SSSR count). The van der Waals surface area contributed by atoms with Crippen molar-refractivity contribution in [3.05, 3.63) is 0 Å². The predicted octanol–water partition coefficient (Wildman–Crippen LogP) is 0.977. The lowest BCUT2D eigenvalue weighted by atomic mass is 10.2. The average molecular weight is 286 g/mol. The van der Waals surface area contributed by atoms with Gasteiger partial charge in [0.05, 0.1) is 6.61 Å². The highest BCUT2D eigenvalue weighted by atomic mass is 16.5. The third-order valence-corrected chi connectivity index (χ3v) is 3.03. The van der Waals surface area contributed by atoms with Crippen molar-refractivity contribution in [2.24, 2.45) is 0 Å². The lowest BCUT2D eigenvalue weighted by Crippen LogP contribution is -2.50. The zero-order valence-corrected chi connectivity index (χ0v) is 11.9. The van der Waals surface area contributed by atoms with E-state index in [4.69, 9.17) is 9.84 Å². The largest absolute Gasteiger partial charge is 0.480 e. The van der Waals surface area contributed by atoms with Crippen molar-refractivity contribution < 1.29 is 24.2 Å². The van der Waals surface area contributed by atoms with Crippen molar-refractivity contribution >= 4 is 18.0 Å². The topological polar surface area (TPSA) is 95.9 Å². The molecule has 1 atom stereocenters. The summed E-state index contributed by atoms with van der Waals surface area (Å²) < 4.78 is 4.82. The second-order valence-corrected chi connectivity index (χ2v) is 4.79. The van der Waals surface area contributed by atoms with Crippen LogP contribution in [-0.2, 0) is 14.3 Å². The van der Waals surface area contributed by atoms with E-state index in [1.54, 1.807) is 6.92 Å². The van der Waals surface area contributed by atoms with Gasteiger partial charge in [0.1, 0.15) is 12.6 Å². The Balaban J connectivity index is 2.59. The molecular formula is C13H22N2O5. The van der Waals surface area contributed by atoms with Crippen molar-refractivity contribution in [2.75, 3.05) is 13.2 Å². The highest BCUT2D eigenvalue weighted by Crippen LogP contribution is 2.26. The minimum Gasteiger partial charge on any atom is -0.480 e. The van der Waals surface area contributed by atoms with Crippen LogP contribution in [0, 0.1) is 0 Å². The van der Waals surface area contributed by atoms with E-state index in [9.17, 15) is 14.4 Å². The molecule has 0 aromatic rings. The van der Waals surface area contributed by atoms with E-state index >= 15 is 0 Å². The van der Waals surface area contributed by atoms with E-state index < -0.39 is 24.0 Å². The minimum absolute atomic E-state index is 0.00970. The molecule has 2 N–H and O–H groups in total. The summed E-state index contributed by atoms with van der Waals surface area (Å²) >= 11 is 0. The van der Waals surface area contributed by atoms with Crippen LogP contribution in [0.25, 0.3) is 0 Å². The highest BCUT2D eigenvalue weighted by molar-refractivity contribution is 5.85. The number of hydrogen-bond donors (Lipinski definition) is 2. The Morgan fingerprint density at radius 1 is 1.35 bits per heavy atom. The van der Waals surface area contributed by atoms with Crippen LogP contribution in [0.5, 0.6) is 0 Å². The molecule has 1 aliphatic rings. The number of carbonyl (C=O) groups excluding carboxylic acids is 2. The molecule has 7 heteroatoms. The molecular weight excluding hydrogens is 264 g/mol. The summed E-state index contributed by atoms with van der Waals surface area (Å²) in [5.41, 5.74) is 0. The third-order valence-electron chi connectivity index (χ3n) is 3.03. The summed E-state index contributed by atoms with van der Waals surface area (Å²) in [5.74, 6) is -1.54. The Hall–Kier alpha value is -1.79. The van der Waals surface area contributed by atoms with Crippen LogP contribution < -0.4 is 5.32 Å². The van der Waals surface area contributed by atoms with Gasteiger partial charge in [-0.3, -0.25) is 4.79 Å². The number of carbonyl (C=O) groups is 3. The van der Waals surface area contributed by atoms with Gasteiger partial charge in [-0.05, 0) is 26.2 Å². The van der Waals surface area contributed by atoms with Gasteiger partial charge in [-0.1, -0.05) is 13.3 Å². The van der Waals surface area contributed by atoms with Crippen molar-refractivity contribution in [3.8, 4) is 0 Å². The summed E-state index contributed by atoms with van der Waals surface area (Å²) in [4.78, 5) is 36.0. The Morgan fingerprint density at radius 2 is 2.00 bits per heavy atom.